The molecule has 0 spiro atoms. The van der Waals surface area contributed by atoms with Crippen LogP contribution < -0.4 is 16.4 Å². The molecule has 3 rings (SSSR count). The third kappa shape index (κ3) is 13.9. The van der Waals surface area contributed by atoms with Gasteiger partial charge in [0.2, 0.25) is 11.8 Å². The highest BCUT2D eigenvalue weighted by Gasteiger charge is 2.42. The first-order chi connectivity index (χ1) is 24.0. The summed E-state index contributed by atoms with van der Waals surface area (Å²) in [6.45, 7) is 4.17. The molecule has 1 aliphatic carbocycles. The van der Waals surface area contributed by atoms with Gasteiger partial charge >= 0.3 is 11.9 Å². The molecule has 0 saturated heterocycles. The van der Waals surface area contributed by atoms with Crippen molar-refractivity contribution in [2.75, 3.05) is 6.54 Å². The van der Waals surface area contributed by atoms with E-state index in [1.165, 1.54) is 13.3 Å². The van der Waals surface area contributed by atoms with Crippen molar-refractivity contribution in [1.82, 2.24) is 20.2 Å². The Balaban J connectivity index is 1.59. The number of carboxylic acid groups (broad SMARTS) is 1. The van der Waals surface area contributed by atoms with Gasteiger partial charge in [0, 0.05) is 44.5 Å². The number of allylic oxidation sites excluding steroid dienone is 2. The normalized spacial score (nSPS) is 20.8. The highest BCUT2D eigenvalue weighted by molar-refractivity contribution is 5.86. The summed E-state index contributed by atoms with van der Waals surface area (Å²) >= 11 is 0. The molecule has 7 N–H and O–H groups in total. The summed E-state index contributed by atoms with van der Waals surface area (Å²) in [5.41, 5.74) is 7.08. The molecule has 2 aromatic rings. The molecule has 274 valence electrons. The number of imidazole rings is 1. The molecular weight excluding hydrogens is 642 g/mol. The molecule has 1 heterocycles. The number of nitrogens with zero attached hydrogens (tertiary/aromatic N) is 2. The number of hydrogen-bond acceptors (Lipinski definition) is 9. The molecule has 1 aromatic carbocycles. The minimum atomic E-state index is -1.21. The lowest BCUT2D eigenvalue weighted by Crippen LogP contribution is -2.48. The number of carbonyl (C=O) groups is 4. The van der Waals surface area contributed by atoms with E-state index in [2.05, 4.69) is 15.6 Å². The smallest absolute Gasteiger partial charge is 0.326 e. The largest absolute Gasteiger partial charge is 0.480 e. The standard InChI is InChI=1S/C37H53N5O8/c1-3-39-34(45)14-10-5-4-9-13-29-30(18-17-28(43)16-15-26-11-7-6-8-12-26)33(22-32(29)44)50-35(46)19-20-42-23-27(40-24-42)21-31(37(48)49)41-36(47)25(2)38/h4,6-9,11-12,17-18,23-25,28-33,43-44H,3,5,10,13-16,19-22,38H2,1-2H3,(H,39,45)(H,41,47)(H,48,49)/b9-4-,18-17+/t25?,28-,29+,30+,31?,32-,33+/m0/s1. The number of amides is 2. The van der Waals surface area contributed by atoms with Crippen molar-refractivity contribution in [1.29, 1.82) is 0 Å². The average Bonchev–Trinajstić information content (AvgIpc) is 3.65. The number of nitrogens with two attached hydrogens (primary N) is 1. The Bertz CT molecular complexity index is 1430. The molecule has 13 heteroatoms. The Morgan fingerprint density at radius 2 is 1.92 bits per heavy atom. The fraction of sp³-hybridized carbons (Fsp3) is 0.541. The van der Waals surface area contributed by atoms with Gasteiger partial charge in [-0.2, -0.15) is 0 Å². The van der Waals surface area contributed by atoms with Gasteiger partial charge < -0.3 is 41.0 Å². The third-order valence-corrected chi connectivity index (χ3v) is 8.73. The summed E-state index contributed by atoms with van der Waals surface area (Å²) in [5.74, 6) is -2.79. The van der Waals surface area contributed by atoms with E-state index in [1.54, 1.807) is 16.8 Å². The fourth-order valence-electron chi connectivity index (χ4n) is 5.95. The molecule has 7 atom stereocenters. The Hall–Kier alpha value is -4.33. The zero-order valence-corrected chi connectivity index (χ0v) is 29.0. The van der Waals surface area contributed by atoms with Crippen molar-refractivity contribution in [3.8, 4) is 0 Å². The molecule has 1 saturated carbocycles. The number of carboxylic acids is 1. The van der Waals surface area contributed by atoms with Gasteiger partial charge in [0.15, 0.2) is 0 Å². The number of esters is 1. The van der Waals surface area contributed by atoms with Gasteiger partial charge in [0.1, 0.15) is 12.1 Å². The quantitative estimate of drug-likeness (QED) is 0.0639. The second kappa shape index (κ2) is 21.0. The van der Waals surface area contributed by atoms with Crippen LogP contribution in [0.2, 0.25) is 0 Å². The van der Waals surface area contributed by atoms with Crippen molar-refractivity contribution in [3.63, 3.8) is 0 Å². The van der Waals surface area contributed by atoms with Gasteiger partial charge in [-0.15, -0.1) is 0 Å². The van der Waals surface area contributed by atoms with Crippen LogP contribution in [0.15, 0.2) is 67.2 Å². The van der Waals surface area contributed by atoms with Gasteiger partial charge in [-0.25, -0.2) is 9.78 Å². The number of aliphatic hydroxyl groups excluding tert-OH is 2. The van der Waals surface area contributed by atoms with E-state index in [0.29, 0.717) is 37.9 Å². The molecule has 0 radical (unpaired) electrons. The maximum atomic E-state index is 13.0. The van der Waals surface area contributed by atoms with Crippen LogP contribution in [0.5, 0.6) is 0 Å². The maximum absolute atomic E-state index is 13.0. The first-order valence-electron chi connectivity index (χ1n) is 17.5. The fourth-order valence-corrected chi connectivity index (χ4v) is 5.95. The number of hydrogen-bond donors (Lipinski definition) is 6. The van der Waals surface area contributed by atoms with Crippen molar-refractivity contribution in [3.05, 3.63) is 78.4 Å². The van der Waals surface area contributed by atoms with Crippen LogP contribution >= 0.6 is 0 Å². The molecule has 13 nitrogen and oxygen atoms in total. The summed E-state index contributed by atoms with van der Waals surface area (Å²) in [4.78, 5) is 52.5. The predicted octanol–water partition coefficient (Wildman–Crippen LogP) is 2.44. The van der Waals surface area contributed by atoms with Crippen LogP contribution in [0.4, 0.5) is 0 Å². The lowest BCUT2D eigenvalue weighted by Gasteiger charge is -2.22. The summed E-state index contributed by atoms with van der Waals surface area (Å²) in [5, 5.41) is 36.5. The number of nitrogens with one attached hydrogen (secondary N) is 2. The van der Waals surface area contributed by atoms with E-state index < -0.39 is 48.2 Å². The van der Waals surface area contributed by atoms with E-state index in [-0.39, 0.29) is 43.6 Å². The molecule has 0 aliphatic heterocycles. The molecule has 1 fully saturated rings. The minimum absolute atomic E-state index is 0.0124. The average molecular weight is 696 g/mol. The van der Waals surface area contributed by atoms with Crippen LogP contribution in [-0.2, 0) is 43.3 Å². The van der Waals surface area contributed by atoms with Crippen LogP contribution in [0.1, 0.15) is 70.1 Å². The van der Waals surface area contributed by atoms with E-state index in [4.69, 9.17) is 10.5 Å². The van der Waals surface area contributed by atoms with E-state index in [9.17, 15) is 34.5 Å². The van der Waals surface area contributed by atoms with Gasteiger partial charge in [0.05, 0.1) is 36.7 Å². The zero-order chi connectivity index (χ0) is 36.5. The van der Waals surface area contributed by atoms with Crippen molar-refractivity contribution < 1.29 is 39.2 Å². The number of carbonyl (C=O) groups excluding carboxylic acids is 3. The SMILES string of the molecule is CCNC(=O)CCC/C=C\C[C@@H]1[C@@H](/C=C/[C@@H](O)CCc2ccccc2)[C@H](OC(=O)CCn2cnc(CC(NC(=O)C(C)N)C(=O)O)c2)C[C@@H]1O. The van der Waals surface area contributed by atoms with Crippen LogP contribution in [0.25, 0.3) is 0 Å². The number of aliphatic carboxylic acids is 1. The maximum Gasteiger partial charge on any atom is 0.326 e. The highest BCUT2D eigenvalue weighted by Crippen LogP contribution is 2.38. The number of aryl methyl sites for hydroxylation is 2. The first kappa shape index (κ1) is 40.1. The molecule has 0 bridgehead atoms. The second-order valence-corrected chi connectivity index (χ2v) is 12.8. The summed E-state index contributed by atoms with van der Waals surface area (Å²) in [6, 6.07) is 7.83. The van der Waals surface area contributed by atoms with Crippen LogP contribution in [0, 0.1) is 11.8 Å². The lowest BCUT2D eigenvalue weighted by molar-refractivity contribution is -0.150. The summed E-state index contributed by atoms with van der Waals surface area (Å²) in [6.07, 6.45) is 12.6. The van der Waals surface area contributed by atoms with Gasteiger partial charge in [-0.05, 0) is 57.4 Å². The summed E-state index contributed by atoms with van der Waals surface area (Å²) in [7, 11) is 0. The molecular formula is C37H53N5O8. The monoisotopic (exact) mass is 695 g/mol. The van der Waals surface area contributed by atoms with Crippen LogP contribution in [0.3, 0.4) is 0 Å². The Labute approximate surface area is 294 Å². The number of ether oxygens (including phenoxy) is 1. The van der Waals surface area contributed by atoms with E-state index in [0.717, 1.165) is 18.4 Å². The van der Waals surface area contributed by atoms with E-state index in [1.807, 2.05) is 55.5 Å². The topological polar surface area (TPSA) is 206 Å². The Kier molecular flexibility index (Phi) is 16.9. The molecule has 2 unspecified atom stereocenters. The van der Waals surface area contributed by atoms with Gasteiger partial charge in [0.25, 0.3) is 0 Å². The summed E-state index contributed by atoms with van der Waals surface area (Å²) < 4.78 is 7.55. The molecule has 1 aromatic heterocycles. The third-order valence-electron chi connectivity index (χ3n) is 8.73. The van der Waals surface area contributed by atoms with Gasteiger partial charge in [-0.3, -0.25) is 14.4 Å². The molecule has 2 amide bonds. The minimum Gasteiger partial charge on any atom is -0.480 e. The number of benzene rings is 1. The van der Waals surface area contributed by atoms with Crippen molar-refractivity contribution in [2.45, 2.75) is 109 Å². The number of aliphatic hydroxyl groups is 2. The molecule has 50 heavy (non-hydrogen) atoms. The number of unbranched alkanes of at least 4 members (excludes halogenated alkanes) is 1. The lowest BCUT2D eigenvalue weighted by atomic mass is 9.89. The zero-order valence-electron chi connectivity index (χ0n) is 29.0. The first-order valence-corrected chi connectivity index (χ1v) is 17.5. The Morgan fingerprint density at radius 3 is 2.62 bits per heavy atom. The highest BCUT2D eigenvalue weighted by atomic mass is 16.5. The van der Waals surface area contributed by atoms with Crippen molar-refractivity contribution in [2.24, 2.45) is 17.6 Å². The Morgan fingerprint density at radius 1 is 1.16 bits per heavy atom. The van der Waals surface area contributed by atoms with Crippen molar-refractivity contribution >= 4 is 23.8 Å². The van der Waals surface area contributed by atoms with E-state index >= 15 is 0 Å². The van der Waals surface area contributed by atoms with Crippen LogP contribution in [-0.4, -0.2) is 85.6 Å². The second-order valence-electron chi connectivity index (χ2n) is 12.8. The number of rotatable bonds is 21. The predicted molar refractivity (Wildman–Crippen MR) is 187 cm³/mol. The molecule has 1 aliphatic rings. The van der Waals surface area contributed by atoms with Gasteiger partial charge in [-0.1, -0.05) is 54.6 Å². The number of aromatic nitrogens is 2.